The molecule has 0 aliphatic rings. The van der Waals surface area contributed by atoms with Crippen LogP contribution in [0.1, 0.15) is 5.56 Å². The fraction of sp³-hybridized carbons (Fsp3) is 0.0909. The van der Waals surface area contributed by atoms with E-state index in [-0.39, 0.29) is 22.8 Å². The van der Waals surface area contributed by atoms with Gasteiger partial charge in [0, 0.05) is 28.5 Å². The third-order valence-electron chi connectivity index (χ3n) is 2.35. The van der Waals surface area contributed by atoms with E-state index in [1.807, 2.05) is 0 Å². The summed E-state index contributed by atoms with van der Waals surface area (Å²) in [5.74, 6) is 0.363. The van der Waals surface area contributed by atoms with E-state index in [0.29, 0.717) is 15.7 Å². The van der Waals surface area contributed by atoms with Crippen molar-refractivity contribution in [1.29, 1.82) is 0 Å². The number of hydrogen-bond acceptors (Lipinski definition) is 6. The molecule has 0 saturated carbocycles. The van der Waals surface area contributed by atoms with Crippen LogP contribution in [-0.4, -0.2) is 14.9 Å². The Labute approximate surface area is 122 Å². The SMILES string of the molecule is Nc1cc(=O)[nH]c(SCc2ccc(Cl)cc2[N+](=O)[O-])n1. The topological polar surface area (TPSA) is 115 Å². The Bertz CT molecular complexity index is 719. The predicted octanol–water partition coefficient (Wildman–Crippen LogP) is 2.21. The van der Waals surface area contributed by atoms with Crippen LogP contribution in [0.15, 0.2) is 34.2 Å². The van der Waals surface area contributed by atoms with Crippen molar-refractivity contribution in [2.24, 2.45) is 0 Å². The molecule has 20 heavy (non-hydrogen) atoms. The molecule has 0 radical (unpaired) electrons. The molecule has 0 atom stereocenters. The van der Waals surface area contributed by atoms with E-state index < -0.39 is 4.92 Å². The standard InChI is InChI=1S/C11H9ClN4O3S/c12-7-2-1-6(8(3-7)16(18)19)5-20-11-14-9(13)4-10(17)15-11/h1-4H,5H2,(H3,13,14,15,17). The Hall–Kier alpha value is -2.06. The van der Waals surface area contributed by atoms with Gasteiger partial charge in [0.25, 0.3) is 11.2 Å². The van der Waals surface area contributed by atoms with Crippen molar-refractivity contribution in [3.63, 3.8) is 0 Å². The second-order valence-corrected chi connectivity index (χ2v) is 5.19. The molecule has 0 amide bonds. The molecule has 0 aliphatic carbocycles. The summed E-state index contributed by atoms with van der Waals surface area (Å²) in [5, 5.41) is 11.5. The maximum absolute atomic E-state index is 11.2. The van der Waals surface area contributed by atoms with E-state index in [2.05, 4.69) is 9.97 Å². The third-order valence-corrected chi connectivity index (χ3v) is 3.51. The van der Waals surface area contributed by atoms with Gasteiger partial charge in [-0.2, -0.15) is 0 Å². The van der Waals surface area contributed by atoms with E-state index in [1.54, 1.807) is 12.1 Å². The first-order chi connectivity index (χ1) is 9.45. The first-order valence-corrected chi connectivity index (χ1v) is 6.74. The molecule has 0 spiro atoms. The highest BCUT2D eigenvalue weighted by Crippen LogP contribution is 2.28. The number of nitro groups is 1. The highest BCUT2D eigenvalue weighted by molar-refractivity contribution is 7.98. The van der Waals surface area contributed by atoms with Gasteiger partial charge < -0.3 is 10.7 Å². The van der Waals surface area contributed by atoms with Crippen LogP contribution in [-0.2, 0) is 5.75 Å². The van der Waals surface area contributed by atoms with E-state index >= 15 is 0 Å². The lowest BCUT2D eigenvalue weighted by Gasteiger charge is -2.03. The van der Waals surface area contributed by atoms with Crippen LogP contribution in [0.5, 0.6) is 0 Å². The van der Waals surface area contributed by atoms with E-state index in [9.17, 15) is 14.9 Å². The second-order valence-electron chi connectivity index (χ2n) is 3.79. The third kappa shape index (κ3) is 3.49. The summed E-state index contributed by atoms with van der Waals surface area (Å²) in [6, 6.07) is 5.58. The van der Waals surface area contributed by atoms with Gasteiger partial charge in [0.15, 0.2) is 5.16 Å². The first-order valence-electron chi connectivity index (χ1n) is 5.38. The van der Waals surface area contributed by atoms with Crippen LogP contribution < -0.4 is 11.3 Å². The summed E-state index contributed by atoms with van der Waals surface area (Å²) in [4.78, 5) is 28.1. The van der Waals surface area contributed by atoms with Crippen molar-refractivity contribution >= 4 is 34.9 Å². The van der Waals surface area contributed by atoms with Gasteiger partial charge in [0.2, 0.25) is 0 Å². The summed E-state index contributed by atoms with van der Waals surface area (Å²) < 4.78 is 0. The molecule has 3 N–H and O–H groups in total. The summed E-state index contributed by atoms with van der Waals surface area (Å²) in [7, 11) is 0. The Morgan fingerprint density at radius 2 is 2.20 bits per heavy atom. The van der Waals surface area contributed by atoms with Gasteiger partial charge in [0.1, 0.15) is 5.82 Å². The molecule has 104 valence electrons. The Kier molecular flexibility index (Phi) is 4.26. The Balaban J connectivity index is 2.22. The maximum Gasteiger partial charge on any atom is 0.274 e. The van der Waals surface area contributed by atoms with Gasteiger partial charge >= 0.3 is 0 Å². The van der Waals surface area contributed by atoms with Gasteiger partial charge in [-0.3, -0.25) is 14.9 Å². The zero-order valence-corrected chi connectivity index (χ0v) is 11.6. The van der Waals surface area contributed by atoms with Crippen LogP contribution in [0.25, 0.3) is 0 Å². The van der Waals surface area contributed by atoms with Gasteiger partial charge in [-0.25, -0.2) is 4.98 Å². The predicted molar refractivity (Wildman–Crippen MR) is 76.9 cm³/mol. The van der Waals surface area contributed by atoms with Crippen molar-refractivity contribution in [1.82, 2.24) is 9.97 Å². The number of rotatable bonds is 4. The lowest BCUT2D eigenvalue weighted by atomic mass is 10.2. The van der Waals surface area contributed by atoms with Gasteiger partial charge in [-0.15, -0.1) is 0 Å². The normalized spacial score (nSPS) is 10.4. The minimum absolute atomic E-state index is 0.0729. The smallest absolute Gasteiger partial charge is 0.274 e. The molecule has 7 nitrogen and oxygen atoms in total. The molecule has 0 unspecified atom stereocenters. The zero-order chi connectivity index (χ0) is 14.7. The molecular weight excluding hydrogens is 304 g/mol. The fourth-order valence-corrected chi connectivity index (χ4v) is 2.54. The number of nitrogen functional groups attached to an aromatic ring is 1. The van der Waals surface area contributed by atoms with Crippen LogP contribution >= 0.6 is 23.4 Å². The number of nitrogens with two attached hydrogens (primary N) is 1. The highest BCUT2D eigenvalue weighted by Gasteiger charge is 2.14. The Morgan fingerprint density at radius 3 is 2.85 bits per heavy atom. The molecule has 9 heteroatoms. The number of nitro benzene ring substituents is 1. The monoisotopic (exact) mass is 312 g/mol. The number of nitrogens with zero attached hydrogens (tertiary/aromatic N) is 2. The lowest BCUT2D eigenvalue weighted by molar-refractivity contribution is -0.385. The fourth-order valence-electron chi connectivity index (χ4n) is 1.50. The van der Waals surface area contributed by atoms with Crippen molar-refractivity contribution in [3.05, 3.63) is 55.3 Å². The minimum Gasteiger partial charge on any atom is -0.383 e. The number of H-pyrrole nitrogens is 1. The van der Waals surface area contributed by atoms with Crippen LogP contribution in [0.4, 0.5) is 11.5 Å². The van der Waals surface area contributed by atoms with Crippen molar-refractivity contribution in [2.45, 2.75) is 10.9 Å². The highest BCUT2D eigenvalue weighted by atomic mass is 35.5. The number of hydrogen-bond donors (Lipinski definition) is 2. The average molecular weight is 313 g/mol. The second kappa shape index (κ2) is 5.93. The van der Waals surface area contributed by atoms with Crippen molar-refractivity contribution < 1.29 is 4.92 Å². The lowest BCUT2D eigenvalue weighted by Crippen LogP contribution is -2.09. The van der Waals surface area contributed by atoms with Crippen LogP contribution in [0, 0.1) is 10.1 Å². The maximum atomic E-state index is 11.2. The van der Waals surface area contributed by atoms with Gasteiger partial charge in [0.05, 0.1) is 4.92 Å². The molecular formula is C11H9ClN4O3S. The summed E-state index contributed by atoms with van der Waals surface area (Å²) in [5.41, 5.74) is 5.49. The van der Waals surface area contributed by atoms with Crippen LogP contribution in [0.2, 0.25) is 5.02 Å². The van der Waals surface area contributed by atoms with E-state index in [1.165, 1.54) is 6.07 Å². The molecule has 1 aromatic heterocycles. The van der Waals surface area contributed by atoms with Gasteiger partial charge in [-0.05, 0) is 12.1 Å². The molecule has 2 rings (SSSR count). The molecule has 0 fully saturated rings. The first kappa shape index (κ1) is 14.4. The molecule has 2 aromatic rings. The Morgan fingerprint density at radius 1 is 1.45 bits per heavy atom. The summed E-state index contributed by atoms with van der Waals surface area (Å²) in [6.45, 7) is 0. The number of nitrogens with one attached hydrogen (secondary N) is 1. The summed E-state index contributed by atoms with van der Waals surface area (Å²) >= 11 is 6.88. The molecule has 0 aliphatic heterocycles. The molecule has 0 bridgehead atoms. The molecule has 1 aromatic carbocycles. The number of benzene rings is 1. The van der Waals surface area contributed by atoms with Crippen LogP contribution in [0.3, 0.4) is 0 Å². The number of aromatic amines is 1. The van der Waals surface area contributed by atoms with Gasteiger partial charge in [-0.1, -0.05) is 23.4 Å². The average Bonchev–Trinajstić information content (AvgIpc) is 2.36. The van der Waals surface area contributed by atoms with E-state index in [0.717, 1.165) is 17.8 Å². The quantitative estimate of drug-likeness (QED) is 0.387. The molecule has 0 saturated heterocycles. The number of aromatic nitrogens is 2. The van der Waals surface area contributed by atoms with Crippen molar-refractivity contribution in [2.75, 3.05) is 5.73 Å². The molecule has 1 heterocycles. The van der Waals surface area contributed by atoms with Crippen molar-refractivity contribution in [3.8, 4) is 0 Å². The number of thioether (sulfide) groups is 1. The zero-order valence-electron chi connectivity index (χ0n) is 10.00. The summed E-state index contributed by atoms with van der Waals surface area (Å²) in [6.07, 6.45) is 0. The number of halogens is 1. The largest absolute Gasteiger partial charge is 0.383 e. The number of anilines is 1. The minimum atomic E-state index is -0.503. The van der Waals surface area contributed by atoms with E-state index in [4.69, 9.17) is 17.3 Å².